The summed E-state index contributed by atoms with van der Waals surface area (Å²) in [6.45, 7) is 0.604. The minimum atomic E-state index is -4.31. The van der Waals surface area contributed by atoms with Crippen molar-refractivity contribution in [2.45, 2.75) is 12.6 Å². The maximum absolute atomic E-state index is 12.8. The molecule has 1 aliphatic rings. The monoisotopic (exact) mass is 339 g/mol. The van der Waals surface area contributed by atoms with Crippen LogP contribution in [0, 0.1) is 5.92 Å². The van der Waals surface area contributed by atoms with E-state index in [1.807, 2.05) is 11.8 Å². The largest absolute Gasteiger partial charge is 0.418 e. The van der Waals surface area contributed by atoms with Crippen molar-refractivity contribution in [2.24, 2.45) is 5.92 Å². The highest BCUT2D eigenvalue weighted by Crippen LogP contribution is 2.36. The lowest BCUT2D eigenvalue weighted by atomic mass is 10.1. The van der Waals surface area contributed by atoms with E-state index in [2.05, 4.69) is 21.2 Å². The molecule has 1 aromatic rings. The van der Waals surface area contributed by atoms with Crippen LogP contribution in [-0.2, 0) is 6.18 Å². The molecule has 2 rings (SSSR count). The molecule has 1 nitrogen and oxygen atoms in total. The summed E-state index contributed by atoms with van der Waals surface area (Å²) in [4.78, 5) is 0. The van der Waals surface area contributed by atoms with E-state index in [4.69, 9.17) is 0 Å². The molecule has 1 unspecified atom stereocenters. The highest BCUT2D eigenvalue weighted by molar-refractivity contribution is 9.10. The summed E-state index contributed by atoms with van der Waals surface area (Å²) in [6.07, 6.45) is -3.24. The van der Waals surface area contributed by atoms with Crippen LogP contribution in [0.25, 0.3) is 0 Å². The van der Waals surface area contributed by atoms with Crippen LogP contribution in [0.3, 0.4) is 0 Å². The molecule has 1 aliphatic heterocycles. The number of thioether (sulfide) groups is 1. The van der Waals surface area contributed by atoms with Gasteiger partial charge in [0.05, 0.1) is 5.56 Å². The van der Waals surface area contributed by atoms with Crippen LogP contribution in [-0.4, -0.2) is 18.1 Å². The van der Waals surface area contributed by atoms with Gasteiger partial charge in [0.2, 0.25) is 0 Å². The van der Waals surface area contributed by atoms with Crippen molar-refractivity contribution in [1.29, 1.82) is 0 Å². The smallest absolute Gasteiger partial charge is 0.384 e. The molecule has 1 heterocycles. The number of anilines is 1. The minimum absolute atomic E-state index is 0.161. The van der Waals surface area contributed by atoms with Gasteiger partial charge in [-0.1, -0.05) is 15.9 Å². The second kappa shape index (κ2) is 5.74. The Labute approximate surface area is 117 Å². The Balaban J connectivity index is 2.12. The third-order valence-electron chi connectivity index (χ3n) is 2.89. The molecule has 1 saturated heterocycles. The Morgan fingerprint density at radius 3 is 2.78 bits per heavy atom. The first kappa shape index (κ1) is 14.1. The second-order valence-corrected chi connectivity index (χ2v) is 6.36. The maximum atomic E-state index is 12.8. The molecule has 1 N–H and O–H groups in total. The van der Waals surface area contributed by atoms with Gasteiger partial charge in [-0.15, -0.1) is 0 Å². The second-order valence-electron chi connectivity index (χ2n) is 4.30. The summed E-state index contributed by atoms with van der Waals surface area (Å²) in [6, 6.07) is 4.01. The van der Waals surface area contributed by atoms with Crippen molar-refractivity contribution in [2.75, 3.05) is 23.4 Å². The Morgan fingerprint density at radius 1 is 1.39 bits per heavy atom. The molecule has 0 bridgehead atoms. The van der Waals surface area contributed by atoms with E-state index in [9.17, 15) is 13.2 Å². The van der Waals surface area contributed by atoms with E-state index in [0.29, 0.717) is 16.9 Å². The zero-order valence-electron chi connectivity index (χ0n) is 9.56. The van der Waals surface area contributed by atoms with Crippen molar-refractivity contribution >= 4 is 33.4 Å². The van der Waals surface area contributed by atoms with E-state index in [1.165, 1.54) is 12.1 Å². The molecule has 0 radical (unpaired) electrons. The van der Waals surface area contributed by atoms with Gasteiger partial charge in [-0.3, -0.25) is 0 Å². The Hall–Kier alpha value is -0.360. The van der Waals surface area contributed by atoms with E-state index in [0.717, 1.165) is 24.0 Å². The molecule has 1 atom stereocenters. The zero-order valence-corrected chi connectivity index (χ0v) is 12.0. The summed E-state index contributed by atoms with van der Waals surface area (Å²) in [7, 11) is 0. The Kier molecular flexibility index (Phi) is 4.48. The molecule has 0 spiro atoms. The number of alkyl halides is 3. The SMILES string of the molecule is FC(F)(F)c1ccc(Br)cc1NCC1CCSC1. The molecule has 0 aromatic heterocycles. The van der Waals surface area contributed by atoms with E-state index < -0.39 is 11.7 Å². The molecule has 0 aliphatic carbocycles. The summed E-state index contributed by atoms with van der Waals surface area (Å²) in [5, 5.41) is 2.94. The molecule has 0 amide bonds. The lowest BCUT2D eigenvalue weighted by Crippen LogP contribution is -2.17. The zero-order chi connectivity index (χ0) is 13.2. The molecule has 0 saturated carbocycles. The first-order valence-corrected chi connectivity index (χ1v) is 7.60. The minimum Gasteiger partial charge on any atom is -0.384 e. The highest BCUT2D eigenvalue weighted by Gasteiger charge is 2.33. The summed E-state index contributed by atoms with van der Waals surface area (Å²) >= 11 is 5.06. The topological polar surface area (TPSA) is 12.0 Å². The van der Waals surface area contributed by atoms with Crippen molar-refractivity contribution < 1.29 is 13.2 Å². The number of rotatable bonds is 3. The van der Waals surface area contributed by atoms with Gasteiger partial charge < -0.3 is 5.32 Å². The predicted molar refractivity (Wildman–Crippen MR) is 73.1 cm³/mol. The van der Waals surface area contributed by atoms with Crippen molar-refractivity contribution in [1.82, 2.24) is 0 Å². The van der Waals surface area contributed by atoms with E-state index in [1.54, 1.807) is 0 Å². The van der Waals surface area contributed by atoms with Crippen molar-refractivity contribution in [3.8, 4) is 0 Å². The van der Waals surface area contributed by atoms with Crippen LogP contribution >= 0.6 is 27.7 Å². The lowest BCUT2D eigenvalue weighted by molar-refractivity contribution is -0.137. The van der Waals surface area contributed by atoms with Crippen LogP contribution in [0.4, 0.5) is 18.9 Å². The van der Waals surface area contributed by atoms with Crippen LogP contribution in [0.2, 0.25) is 0 Å². The van der Waals surface area contributed by atoms with Crippen LogP contribution < -0.4 is 5.32 Å². The standard InChI is InChI=1S/C12H13BrF3NS/c13-9-1-2-10(12(14,15)16)11(5-9)17-6-8-3-4-18-7-8/h1-2,5,8,17H,3-4,6-7H2. The summed E-state index contributed by atoms with van der Waals surface area (Å²) in [5.74, 6) is 2.61. The summed E-state index contributed by atoms with van der Waals surface area (Å²) in [5.41, 5.74) is -0.440. The molecule has 1 fully saturated rings. The number of halogens is 4. The molecule has 6 heteroatoms. The van der Waals surface area contributed by atoms with Crippen molar-refractivity contribution in [3.05, 3.63) is 28.2 Å². The lowest BCUT2D eigenvalue weighted by Gasteiger charge is -2.17. The van der Waals surface area contributed by atoms with Crippen LogP contribution in [0.5, 0.6) is 0 Å². The average molecular weight is 340 g/mol. The van der Waals surface area contributed by atoms with Crippen LogP contribution in [0.1, 0.15) is 12.0 Å². The fourth-order valence-corrected chi connectivity index (χ4v) is 3.55. The van der Waals surface area contributed by atoms with Gasteiger partial charge in [0.25, 0.3) is 0 Å². The van der Waals surface area contributed by atoms with E-state index in [-0.39, 0.29) is 5.69 Å². The highest BCUT2D eigenvalue weighted by atomic mass is 79.9. The Morgan fingerprint density at radius 2 is 2.17 bits per heavy atom. The first-order valence-electron chi connectivity index (χ1n) is 5.65. The van der Waals surface area contributed by atoms with Gasteiger partial charge >= 0.3 is 6.18 Å². The predicted octanol–water partition coefficient (Wildman–Crippen LogP) is 4.63. The quantitative estimate of drug-likeness (QED) is 0.861. The summed E-state index contributed by atoms with van der Waals surface area (Å²) < 4.78 is 39.1. The first-order chi connectivity index (χ1) is 8.47. The number of hydrogen-bond acceptors (Lipinski definition) is 2. The van der Waals surface area contributed by atoms with Crippen molar-refractivity contribution in [3.63, 3.8) is 0 Å². The number of hydrogen-bond donors (Lipinski definition) is 1. The average Bonchev–Trinajstić information content (AvgIpc) is 2.77. The molecular weight excluding hydrogens is 327 g/mol. The molecular formula is C12H13BrF3NS. The third-order valence-corrected chi connectivity index (χ3v) is 4.62. The molecule has 1 aromatic carbocycles. The van der Waals surface area contributed by atoms with Crippen LogP contribution in [0.15, 0.2) is 22.7 Å². The molecule has 100 valence electrons. The Bertz CT molecular complexity index is 416. The number of benzene rings is 1. The number of nitrogens with one attached hydrogen (secondary N) is 1. The van der Waals surface area contributed by atoms with Gasteiger partial charge in [0, 0.05) is 16.7 Å². The van der Waals surface area contributed by atoms with Gasteiger partial charge in [0.1, 0.15) is 0 Å². The fraction of sp³-hybridized carbons (Fsp3) is 0.500. The van der Waals surface area contributed by atoms with Gasteiger partial charge in [-0.05, 0) is 42.0 Å². The molecule has 18 heavy (non-hydrogen) atoms. The maximum Gasteiger partial charge on any atom is 0.418 e. The van der Waals surface area contributed by atoms with E-state index >= 15 is 0 Å². The fourth-order valence-electron chi connectivity index (χ4n) is 1.91. The van der Waals surface area contributed by atoms with Gasteiger partial charge in [-0.2, -0.15) is 24.9 Å². The van der Waals surface area contributed by atoms with Gasteiger partial charge in [0.15, 0.2) is 0 Å². The normalized spacial score (nSPS) is 20.1. The third kappa shape index (κ3) is 3.57. The van der Waals surface area contributed by atoms with Gasteiger partial charge in [-0.25, -0.2) is 0 Å².